The molecule has 3 aromatic carbocycles. The van der Waals surface area contributed by atoms with Crippen LogP contribution in [-0.4, -0.2) is 23.2 Å². The van der Waals surface area contributed by atoms with E-state index in [2.05, 4.69) is 0 Å². The highest BCUT2D eigenvalue weighted by Crippen LogP contribution is 2.58. The predicted molar refractivity (Wildman–Crippen MR) is 136 cm³/mol. The van der Waals surface area contributed by atoms with Crippen LogP contribution in [0.1, 0.15) is 75.3 Å². The van der Waals surface area contributed by atoms with Crippen LogP contribution < -0.4 is 9.47 Å². The first kappa shape index (κ1) is 26.0. The zero-order chi connectivity index (χ0) is 26.7. The van der Waals surface area contributed by atoms with Gasteiger partial charge in [0.1, 0.15) is 17.2 Å². The van der Waals surface area contributed by atoms with Crippen LogP contribution in [-0.2, 0) is 16.6 Å². The van der Waals surface area contributed by atoms with E-state index >= 15 is 8.78 Å². The van der Waals surface area contributed by atoms with E-state index in [0.29, 0.717) is 16.9 Å². The standard InChI is InChI=1S/C30H34F2O4/c1-27(2,3)22-15-18(16-23(26(22)33)28(4,5)6)25-21-17-20(35-7)13-14-24(21)36-30(34,29(25,31)32)19-11-9-8-10-12-19/h8-17,25,33-34H,1-7H3. The van der Waals surface area contributed by atoms with Crippen LogP contribution in [0.2, 0.25) is 0 Å². The van der Waals surface area contributed by atoms with Crippen molar-refractivity contribution in [2.75, 3.05) is 7.11 Å². The Morgan fingerprint density at radius 3 is 1.92 bits per heavy atom. The van der Waals surface area contributed by atoms with Crippen molar-refractivity contribution in [1.82, 2.24) is 0 Å². The first-order valence-electron chi connectivity index (χ1n) is 12.0. The molecule has 0 spiro atoms. The Balaban J connectivity index is 2.08. The Hall–Kier alpha value is -3.12. The summed E-state index contributed by atoms with van der Waals surface area (Å²) in [6.45, 7) is 11.6. The number of aromatic hydroxyl groups is 1. The molecule has 0 saturated heterocycles. The lowest BCUT2D eigenvalue weighted by molar-refractivity contribution is -0.303. The molecule has 0 aliphatic carbocycles. The lowest BCUT2D eigenvalue weighted by Crippen LogP contribution is -2.56. The summed E-state index contributed by atoms with van der Waals surface area (Å²) in [6.07, 6.45) is 0. The van der Waals surface area contributed by atoms with Crippen LogP contribution in [0, 0.1) is 0 Å². The summed E-state index contributed by atoms with van der Waals surface area (Å²) in [4.78, 5) is 0. The molecule has 2 unspecified atom stereocenters. The number of methoxy groups -OCH3 is 1. The highest BCUT2D eigenvalue weighted by molar-refractivity contribution is 5.56. The van der Waals surface area contributed by atoms with Crippen LogP contribution in [0.25, 0.3) is 0 Å². The number of phenolic OH excluding ortho intramolecular Hbond substituents is 1. The Morgan fingerprint density at radius 2 is 1.42 bits per heavy atom. The quantitative estimate of drug-likeness (QED) is 0.410. The van der Waals surface area contributed by atoms with Crippen molar-refractivity contribution in [2.45, 2.75) is 70.0 Å². The number of rotatable bonds is 3. The Labute approximate surface area is 211 Å². The van der Waals surface area contributed by atoms with Crippen molar-refractivity contribution in [1.29, 1.82) is 0 Å². The molecule has 0 aromatic heterocycles. The largest absolute Gasteiger partial charge is 0.507 e. The van der Waals surface area contributed by atoms with Crippen molar-refractivity contribution in [3.63, 3.8) is 0 Å². The van der Waals surface area contributed by atoms with E-state index in [0.717, 1.165) is 0 Å². The van der Waals surface area contributed by atoms with E-state index < -0.39 is 28.5 Å². The smallest absolute Gasteiger partial charge is 0.327 e. The second-order valence-corrected chi connectivity index (χ2v) is 11.5. The summed E-state index contributed by atoms with van der Waals surface area (Å²) in [5, 5.41) is 22.7. The number of fused-ring (bicyclic) bond motifs is 1. The van der Waals surface area contributed by atoms with E-state index in [1.54, 1.807) is 42.5 Å². The molecule has 4 rings (SSSR count). The zero-order valence-electron chi connectivity index (χ0n) is 21.8. The number of benzene rings is 3. The third kappa shape index (κ3) is 4.11. The highest BCUT2D eigenvalue weighted by Gasteiger charge is 2.65. The van der Waals surface area contributed by atoms with Gasteiger partial charge in [-0.3, -0.25) is 0 Å². The minimum Gasteiger partial charge on any atom is -0.507 e. The average Bonchev–Trinajstić information content (AvgIpc) is 2.79. The molecule has 0 bridgehead atoms. The third-order valence-corrected chi connectivity index (χ3v) is 6.85. The number of alkyl halides is 2. The molecule has 0 amide bonds. The van der Waals surface area contributed by atoms with Crippen LogP contribution >= 0.6 is 0 Å². The van der Waals surface area contributed by atoms with Gasteiger partial charge in [0.25, 0.3) is 0 Å². The van der Waals surface area contributed by atoms with Gasteiger partial charge in [-0.25, -0.2) is 0 Å². The van der Waals surface area contributed by atoms with Gasteiger partial charge in [0.05, 0.1) is 13.0 Å². The van der Waals surface area contributed by atoms with Crippen LogP contribution in [0.15, 0.2) is 60.7 Å². The van der Waals surface area contributed by atoms with E-state index in [9.17, 15) is 10.2 Å². The van der Waals surface area contributed by atoms with Crippen LogP contribution in [0.4, 0.5) is 8.78 Å². The number of ether oxygens (including phenoxy) is 2. The average molecular weight is 497 g/mol. The first-order chi connectivity index (χ1) is 16.6. The first-order valence-corrected chi connectivity index (χ1v) is 12.0. The monoisotopic (exact) mass is 496 g/mol. The van der Waals surface area contributed by atoms with E-state index in [4.69, 9.17) is 9.47 Å². The van der Waals surface area contributed by atoms with Crippen molar-refractivity contribution in [2.24, 2.45) is 0 Å². The zero-order valence-corrected chi connectivity index (χ0v) is 21.8. The summed E-state index contributed by atoms with van der Waals surface area (Å²) in [5.41, 5.74) is 0.499. The molecule has 1 aliphatic heterocycles. The Bertz CT molecular complexity index is 1240. The minimum absolute atomic E-state index is 0.0488. The van der Waals surface area contributed by atoms with Crippen molar-refractivity contribution in [3.05, 3.63) is 88.5 Å². The van der Waals surface area contributed by atoms with Crippen molar-refractivity contribution >= 4 is 0 Å². The maximum atomic E-state index is 16.7. The number of hydrogen-bond acceptors (Lipinski definition) is 4. The summed E-state index contributed by atoms with van der Waals surface area (Å²) in [6, 6.07) is 15.7. The van der Waals surface area contributed by atoms with Gasteiger partial charge in [0, 0.05) is 11.1 Å². The summed E-state index contributed by atoms with van der Waals surface area (Å²) < 4.78 is 44.4. The molecule has 0 radical (unpaired) electrons. The van der Waals surface area contributed by atoms with Gasteiger partial charge in [-0.05, 0) is 45.7 Å². The van der Waals surface area contributed by atoms with Crippen LogP contribution in [0.3, 0.4) is 0 Å². The lowest BCUT2D eigenvalue weighted by Gasteiger charge is -2.45. The van der Waals surface area contributed by atoms with Gasteiger partial charge in [0.2, 0.25) is 0 Å². The molecule has 0 fully saturated rings. The molecule has 0 saturated carbocycles. The van der Waals surface area contributed by atoms with E-state index in [1.165, 1.54) is 25.3 Å². The summed E-state index contributed by atoms with van der Waals surface area (Å²) in [7, 11) is 1.47. The molecular formula is C30H34F2O4. The van der Waals surface area contributed by atoms with Gasteiger partial charge in [0.15, 0.2) is 0 Å². The normalized spacial score (nSPS) is 21.4. The summed E-state index contributed by atoms with van der Waals surface area (Å²) >= 11 is 0. The predicted octanol–water partition coefficient (Wildman–Crippen LogP) is 7.00. The van der Waals surface area contributed by atoms with Crippen molar-refractivity contribution in [3.8, 4) is 17.2 Å². The van der Waals surface area contributed by atoms with Gasteiger partial charge in [-0.2, -0.15) is 8.78 Å². The molecule has 3 aromatic rings. The lowest BCUT2D eigenvalue weighted by atomic mass is 9.72. The van der Waals surface area contributed by atoms with Gasteiger partial charge in [-0.15, -0.1) is 0 Å². The highest BCUT2D eigenvalue weighted by atomic mass is 19.3. The molecule has 6 heteroatoms. The maximum absolute atomic E-state index is 16.7. The molecule has 36 heavy (non-hydrogen) atoms. The minimum atomic E-state index is -3.78. The maximum Gasteiger partial charge on any atom is 0.327 e. The molecule has 2 N–H and O–H groups in total. The fourth-order valence-electron chi connectivity index (χ4n) is 4.86. The topological polar surface area (TPSA) is 58.9 Å². The molecule has 192 valence electrons. The second kappa shape index (κ2) is 8.48. The van der Waals surface area contributed by atoms with Gasteiger partial charge < -0.3 is 19.7 Å². The molecular weight excluding hydrogens is 462 g/mol. The van der Waals surface area contributed by atoms with E-state index in [1.807, 2.05) is 41.5 Å². The van der Waals surface area contributed by atoms with Gasteiger partial charge >= 0.3 is 11.7 Å². The molecule has 1 aliphatic rings. The number of aliphatic hydroxyl groups is 1. The molecule has 2 atom stereocenters. The van der Waals surface area contributed by atoms with Gasteiger partial charge in [-0.1, -0.05) is 84.0 Å². The number of phenols is 1. The molecule has 4 nitrogen and oxygen atoms in total. The fraction of sp³-hybridized carbons (Fsp3) is 0.400. The van der Waals surface area contributed by atoms with E-state index in [-0.39, 0.29) is 28.2 Å². The number of halogens is 2. The number of hydrogen-bond donors (Lipinski definition) is 2. The fourth-order valence-corrected chi connectivity index (χ4v) is 4.86. The van der Waals surface area contributed by atoms with Crippen LogP contribution in [0.5, 0.6) is 17.2 Å². The summed E-state index contributed by atoms with van der Waals surface area (Å²) in [5.74, 6) is -7.64. The third-order valence-electron chi connectivity index (χ3n) is 6.85. The molecule has 1 heterocycles. The Kier molecular flexibility index (Phi) is 6.11. The second-order valence-electron chi connectivity index (χ2n) is 11.5. The Morgan fingerprint density at radius 1 is 0.861 bits per heavy atom. The van der Waals surface area contributed by atoms with Crippen molar-refractivity contribution < 1.29 is 28.5 Å². The SMILES string of the molecule is COc1ccc2c(c1)C(c1cc(C(C)(C)C)c(O)c(C(C)(C)C)c1)C(F)(F)C(O)(c1ccccc1)O2.